The summed E-state index contributed by atoms with van der Waals surface area (Å²) in [6.45, 7) is 7.35. The second-order valence-corrected chi connectivity index (χ2v) is 5.10. The molecule has 100 valence electrons. The molecule has 0 radical (unpaired) electrons. The molecule has 0 spiro atoms. The highest BCUT2D eigenvalue weighted by molar-refractivity contribution is 5.67. The van der Waals surface area contributed by atoms with Gasteiger partial charge < -0.3 is 20.5 Å². The van der Waals surface area contributed by atoms with Gasteiger partial charge in [0, 0.05) is 6.61 Å². The number of nitrogens with zero attached hydrogens (tertiary/aromatic N) is 2. The van der Waals surface area contributed by atoms with Crippen molar-refractivity contribution in [3.8, 4) is 5.88 Å². The van der Waals surface area contributed by atoms with Crippen LogP contribution in [-0.2, 0) is 4.74 Å². The van der Waals surface area contributed by atoms with Crippen LogP contribution >= 0.6 is 0 Å². The highest BCUT2D eigenvalue weighted by Crippen LogP contribution is 2.30. The smallest absolute Gasteiger partial charge is 0.242 e. The first-order chi connectivity index (χ1) is 8.50. The van der Waals surface area contributed by atoms with Gasteiger partial charge in [0.05, 0.1) is 18.2 Å². The number of nitrogens with one attached hydrogen (secondary N) is 1. The molecule has 0 bridgehead atoms. The van der Waals surface area contributed by atoms with Crippen LogP contribution in [0.25, 0.3) is 0 Å². The van der Waals surface area contributed by atoms with E-state index in [1.165, 1.54) is 6.33 Å². The van der Waals surface area contributed by atoms with Crippen LogP contribution in [0, 0.1) is 0 Å². The molecule has 6 heteroatoms. The lowest BCUT2D eigenvalue weighted by Gasteiger charge is -2.25. The Morgan fingerprint density at radius 1 is 1.50 bits per heavy atom. The van der Waals surface area contributed by atoms with Crippen molar-refractivity contribution in [2.45, 2.75) is 38.8 Å². The molecule has 0 saturated carbocycles. The quantitative estimate of drug-likeness (QED) is 0.843. The van der Waals surface area contributed by atoms with Gasteiger partial charge in [-0.3, -0.25) is 0 Å². The van der Waals surface area contributed by atoms with Crippen molar-refractivity contribution in [2.24, 2.45) is 0 Å². The second kappa shape index (κ2) is 4.97. The Kier molecular flexibility index (Phi) is 3.56. The molecule has 0 aliphatic carbocycles. The van der Waals surface area contributed by atoms with Gasteiger partial charge in [-0.25, -0.2) is 4.98 Å². The van der Waals surface area contributed by atoms with E-state index in [4.69, 9.17) is 15.2 Å². The largest absolute Gasteiger partial charge is 0.473 e. The Bertz CT molecular complexity index is 417. The van der Waals surface area contributed by atoms with Crippen molar-refractivity contribution in [2.75, 3.05) is 24.3 Å². The number of hydrogen-bond donors (Lipinski definition) is 2. The van der Waals surface area contributed by atoms with Gasteiger partial charge in [0.15, 0.2) is 5.82 Å². The molecule has 1 atom stereocenters. The minimum atomic E-state index is -0.127. The van der Waals surface area contributed by atoms with Crippen molar-refractivity contribution < 1.29 is 9.47 Å². The van der Waals surface area contributed by atoms with Crippen LogP contribution in [0.5, 0.6) is 5.88 Å². The normalized spacial score (nSPS) is 23.3. The zero-order valence-corrected chi connectivity index (χ0v) is 11.1. The van der Waals surface area contributed by atoms with E-state index in [2.05, 4.69) is 22.2 Å². The zero-order chi connectivity index (χ0) is 13.2. The predicted octanol–water partition coefficient (Wildman–Crippen LogP) is 1.44. The summed E-state index contributed by atoms with van der Waals surface area (Å²) in [7, 11) is 0. The average Bonchev–Trinajstić information content (AvgIpc) is 2.70. The lowest BCUT2D eigenvalue weighted by Crippen LogP contribution is -2.35. The molecule has 1 aliphatic heterocycles. The maximum atomic E-state index is 6.02. The minimum Gasteiger partial charge on any atom is -0.473 e. The fourth-order valence-corrected chi connectivity index (χ4v) is 1.85. The van der Waals surface area contributed by atoms with Crippen LogP contribution in [0.2, 0.25) is 0 Å². The second-order valence-electron chi connectivity index (χ2n) is 5.10. The minimum absolute atomic E-state index is 0.0282. The number of ether oxygens (including phenoxy) is 2. The number of aromatic nitrogens is 2. The van der Waals surface area contributed by atoms with Gasteiger partial charge in [0.1, 0.15) is 12.0 Å². The van der Waals surface area contributed by atoms with Crippen LogP contribution in [0.3, 0.4) is 0 Å². The Labute approximate surface area is 107 Å². The number of hydrogen-bond acceptors (Lipinski definition) is 6. The fraction of sp³-hybridized carbons (Fsp3) is 0.667. The topological polar surface area (TPSA) is 82.3 Å². The van der Waals surface area contributed by atoms with Crippen molar-refractivity contribution in [1.82, 2.24) is 9.97 Å². The molecule has 1 saturated heterocycles. The zero-order valence-electron chi connectivity index (χ0n) is 11.1. The lowest BCUT2D eigenvalue weighted by molar-refractivity contribution is 0.185. The number of nitrogen functional groups attached to an aromatic ring is 1. The summed E-state index contributed by atoms with van der Waals surface area (Å²) in [4.78, 5) is 8.22. The molecule has 2 heterocycles. The van der Waals surface area contributed by atoms with E-state index in [0.717, 1.165) is 13.0 Å². The van der Waals surface area contributed by atoms with Crippen LogP contribution in [0.15, 0.2) is 6.33 Å². The van der Waals surface area contributed by atoms with E-state index in [9.17, 15) is 0 Å². The molecule has 0 amide bonds. The first-order valence-corrected chi connectivity index (χ1v) is 6.13. The molecular weight excluding hydrogens is 232 g/mol. The standard InChI is InChI=1S/C12H20N4O2/c1-8(2)18-11-9(13)10(14-7-15-11)16-12(3)4-5-17-6-12/h7-8H,4-6,13H2,1-3H3,(H,14,15,16). The van der Waals surface area contributed by atoms with Gasteiger partial charge in [-0.2, -0.15) is 4.98 Å². The van der Waals surface area contributed by atoms with Crippen molar-refractivity contribution in [1.29, 1.82) is 0 Å². The van der Waals surface area contributed by atoms with Gasteiger partial charge in [-0.1, -0.05) is 0 Å². The third-order valence-electron chi connectivity index (χ3n) is 2.83. The van der Waals surface area contributed by atoms with E-state index in [-0.39, 0.29) is 11.6 Å². The van der Waals surface area contributed by atoms with E-state index >= 15 is 0 Å². The van der Waals surface area contributed by atoms with E-state index < -0.39 is 0 Å². The van der Waals surface area contributed by atoms with Crippen LogP contribution in [0.1, 0.15) is 27.2 Å². The molecule has 2 rings (SSSR count). The monoisotopic (exact) mass is 252 g/mol. The van der Waals surface area contributed by atoms with Crippen molar-refractivity contribution in [3.63, 3.8) is 0 Å². The molecule has 1 aromatic rings. The van der Waals surface area contributed by atoms with E-state index in [1.54, 1.807) is 0 Å². The van der Waals surface area contributed by atoms with Crippen LogP contribution in [-0.4, -0.2) is 34.8 Å². The number of anilines is 2. The summed E-state index contributed by atoms with van der Waals surface area (Å²) in [6.07, 6.45) is 2.41. The van der Waals surface area contributed by atoms with Gasteiger partial charge in [-0.15, -0.1) is 0 Å². The summed E-state index contributed by atoms with van der Waals surface area (Å²) in [6, 6.07) is 0. The Balaban J connectivity index is 2.17. The highest BCUT2D eigenvalue weighted by Gasteiger charge is 2.30. The molecule has 0 aromatic carbocycles. The van der Waals surface area contributed by atoms with Gasteiger partial charge in [0.2, 0.25) is 5.88 Å². The third kappa shape index (κ3) is 2.81. The van der Waals surface area contributed by atoms with Gasteiger partial charge >= 0.3 is 0 Å². The van der Waals surface area contributed by atoms with Gasteiger partial charge in [0.25, 0.3) is 0 Å². The summed E-state index contributed by atoms with van der Waals surface area (Å²) in [5.74, 6) is 1.03. The van der Waals surface area contributed by atoms with Gasteiger partial charge in [-0.05, 0) is 27.2 Å². The Morgan fingerprint density at radius 3 is 2.89 bits per heavy atom. The summed E-state index contributed by atoms with van der Waals surface area (Å²) >= 11 is 0. The first kappa shape index (κ1) is 12.9. The fourth-order valence-electron chi connectivity index (χ4n) is 1.85. The number of nitrogens with two attached hydrogens (primary N) is 1. The molecule has 1 aliphatic rings. The molecule has 18 heavy (non-hydrogen) atoms. The molecule has 1 unspecified atom stereocenters. The lowest BCUT2D eigenvalue weighted by atomic mass is 10.0. The maximum absolute atomic E-state index is 6.02. The molecule has 3 N–H and O–H groups in total. The maximum Gasteiger partial charge on any atom is 0.242 e. The van der Waals surface area contributed by atoms with Crippen molar-refractivity contribution >= 4 is 11.5 Å². The first-order valence-electron chi connectivity index (χ1n) is 6.13. The molecule has 1 aromatic heterocycles. The average molecular weight is 252 g/mol. The Hall–Kier alpha value is -1.56. The van der Waals surface area contributed by atoms with E-state index in [0.29, 0.717) is 24.0 Å². The van der Waals surface area contributed by atoms with Crippen molar-refractivity contribution in [3.05, 3.63) is 6.33 Å². The van der Waals surface area contributed by atoms with E-state index in [1.807, 2.05) is 13.8 Å². The molecular formula is C12H20N4O2. The number of rotatable bonds is 4. The Morgan fingerprint density at radius 2 is 2.28 bits per heavy atom. The third-order valence-corrected chi connectivity index (χ3v) is 2.83. The highest BCUT2D eigenvalue weighted by atomic mass is 16.5. The predicted molar refractivity (Wildman–Crippen MR) is 69.7 cm³/mol. The van der Waals surface area contributed by atoms with Crippen LogP contribution in [0.4, 0.5) is 11.5 Å². The summed E-state index contributed by atoms with van der Waals surface area (Å²) in [5.41, 5.74) is 6.33. The van der Waals surface area contributed by atoms with Crippen LogP contribution < -0.4 is 15.8 Å². The summed E-state index contributed by atoms with van der Waals surface area (Å²) < 4.78 is 10.9. The summed E-state index contributed by atoms with van der Waals surface area (Å²) in [5, 5.41) is 3.32. The SMILES string of the molecule is CC(C)Oc1ncnc(NC2(C)CCOC2)c1N. The molecule has 1 fully saturated rings. The molecule has 6 nitrogen and oxygen atoms in total.